The zero-order valence-electron chi connectivity index (χ0n) is 12.6. The summed E-state index contributed by atoms with van der Waals surface area (Å²) in [6.45, 7) is 0. The van der Waals surface area contributed by atoms with Crippen molar-refractivity contribution in [2.45, 2.75) is 17.2 Å². The van der Waals surface area contributed by atoms with Crippen molar-refractivity contribution in [3.05, 3.63) is 95.8 Å². The molecule has 2 heteroatoms. The monoisotopic (exact) mass is 305 g/mol. The van der Waals surface area contributed by atoms with Gasteiger partial charge in [0.2, 0.25) is 0 Å². The third-order valence-corrected chi connectivity index (χ3v) is 4.63. The van der Waals surface area contributed by atoms with Gasteiger partial charge in [0.1, 0.15) is 0 Å². The molecule has 2 aromatic carbocycles. The number of rotatable bonds is 5. The first-order chi connectivity index (χ1) is 10.9. The molecule has 0 bridgehead atoms. The second kappa shape index (κ2) is 7.28. The van der Waals surface area contributed by atoms with Crippen molar-refractivity contribution in [1.29, 1.82) is 0 Å². The van der Waals surface area contributed by atoms with Gasteiger partial charge in [0.25, 0.3) is 0 Å². The van der Waals surface area contributed by atoms with Crippen molar-refractivity contribution in [1.82, 2.24) is 4.98 Å². The number of hydrogen-bond donors (Lipinski definition) is 0. The molecule has 0 radical (unpaired) electrons. The van der Waals surface area contributed by atoms with Crippen LogP contribution in [-0.2, 0) is 6.42 Å². The number of nitrogens with zero attached hydrogens (tertiary/aromatic N) is 1. The van der Waals surface area contributed by atoms with Crippen LogP contribution in [0, 0.1) is 0 Å². The summed E-state index contributed by atoms with van der Waals surface area (Å²) in [5, 5.41) is 0. The molecule has 1 unspecified atom stereocenters. The molecule has 1 atom stereocenters. The van der Waals surface area contributed by atoms with Gasteiger partial charge in [0.15, 0.2) is 0 Å². The van der Waals surface area contributed by atoms with E-state index in [1.807, 2.05) is 18.5 Å². The Morgan fingerprint density at radius 1 is 0.864 bits per heavy atom. The first-order valence-electron chi connectivity index (χ1n) is 7.44. The molecule has 3 rings (SSSR count). The molecule has 22 heavy (non-hydrogen) atoms. The van der Waals surface area contributed by atoms with Gasteiger partial charge in [-0.15, -0.1) is 11.8 Å². The van der Waals surface area contributed by atoms with Crippen molar-refractivity contribution in [2.75, 3.05) is 6.26 Å². The molecule has 0 amide bonds. The van der Waals surface area contributed by atoms with E-state index in [0.29, 0.717) is 5.92 Å². The number of pyridine rings is 1. The summed E-state index contributed by atoms with van der Waals surface area (Å²) in [5.74, 6) is 0.362. The summed E-state index contributed by atoms with van der Waals surface area (Å²) in [6, 6.07) is 23.8. The Hall–Kier alpha value is -2.06. The average molecular weight is 305 g/mol. The molecule has 0 aliphatic rings. The predicted octanol–water partition coefficient (Wildman–Crippen LogP) is 5.18. The van der Waals surface area contributed by atoms with E-state index in [1.54, 1.807) is 11.8 Å². The summed E-state index contributed by atoms with van der Waals surface area (Å²) in [7, 11) is 0. The topological polar surface area (TPSA) is 12.9 Å². The molecule has 1 heterocycles. The molecule has 0 saturated carbocycles. The van der Waals surface area contributed by atoms with Gasteiger partial charge in [-0.05, 0) is 47.6 Å². The fraction of sp³-hybridized carbons (Fsp3) is 0.150. The number of hydrogen-bond acceptors (Lipinski definition) is 2. The van der Waals surface area contributed by atoms with Gasteiger partial charge in [-0.2, -0.15) is 0 Å². The minimum Gasteiger partial charge on any atom is -0.264 e. The molecule has 0 aliphatic carbocycles. The third kappa shape index (κ3) is 3.58. The van der Waals surface area contributed by atoms with Crippen LogP contribution in [-0.4, -0.2) is 11.2 Å². The van der Waals surface area contributed by atoms with Crippen molar-refractivity contribution in [3.63, 3.8) is 0 Å². The van der Waals surface area contributed by atoms with Gasteiger partial charge < -0.3 is 0 Å². The Morgan fingerprint density at radius 3 is 2.23 bits per heavy atom. The molecule has 0 N–H and O–H groups in total. The van der Waals surface area contributed by atoms with Gasteiger partial charge in [-0.1, -0.05) is 48.5 Å². The highest BCUT2D eigenvalue weighted by atomic mass is 32.2. The lowest BCUT2D eigenvalue weighted by atomic mass is 9.86. The van der Waals surface area contributed by atoms with Crippen LogP contribution in [0.3, 0.4) is 0 Å². The summed E-state index contributed by atoms with van der Waals surface area (Å²) >= 11 is 1.78. The van der Waals surface area contributed by atoms with Crippen LogP contribution in [0.25, 0.3) is 0 Å². The van der Waals surface area contributed by atoms with Gasteiger partial charge >= 0.3 is 0 Å². The highest BCUT2D eigenvalue weighted by Gasteiger charge is 2.15. The third-order valence-electron chi connectivity index (χ3n) is 3.88. The molecule has 3 aromatic rings. The predicted molar refractivity (Wildman–Crippen MR) is 94.4 cm³/mol. The van der Waals surface area contributed by atoms with Gasteiger partial charge in [-0.3, -0.25) is 4.98 Å². The minimum absolute atomic E-state index is 0.362. The van der Waals surface area contributed by atoms with E-state index in [-0.39, 0.29) is 0 Å². The number of aromatic nitrogens is 1. The minimum atomic E-state index is 0.362. The van der Waals surface area contributed by atoms with E-state index in [1.165, 1.54) is 21.6 Å². The number of thioether (sulfide) groups is 1. The highest BCUT2D eigenvalue weighted by Crippen LogP contribution is 2.29. The smallest absolute Gasteiger partial charge is 0.0300 e. The molecule has 1 nitrogen and oxygen atoms in total. The SMILES string of the molecule is CSc1ccc(C(Cc2cccnc2)c2ccccc2)cc1. The van der Waals surface area contributed by atoms with E-state index >= 15 is 0 Å². The van der Waals surface area contributed by atoms with Crippen molar-refractivity contribution < 1.29 is 0 Å². The van der Waals surface area contributed by atoms with Crippen LogP contribution >= 0.6 is 11.8 Å². The van der Waals surface area contributed by atoms with Crippen LogP contribution in [0.5, 0.6) is 0 Å². The van der Waals surface area contributed by atoms with Crippen LogP contribution in [0.15, 0.2) is 84.0 Å². The Kier molecular flexibility index (Phi) is 4.92. The zero-order chi connectivity index (χ0) is 15.2. The average Bonchev–Trinajstić information content (AvgIpc) is 2.61. The Morgan fingerprint density at radius 2 is 1.59 bits per heavy atom. The summed E-state index contributed by atoms with van der Waals surface area (Å²) in [5.41, 5.74) is 3.97. The van der Waals surface area contributed by atoms with Crippen LogP contribution in [0.4, 0.5) is 0 Å². The molecular formula is C20H19NS. The van der Waals surface area contributed by atoms with E-state index in [9.17, 15) is 0 Å². The lowest BCUT2D eigenvalue weighted by molar-refractivity contribution is 0.800. The maximum Gasteiger partial charge on any atom is 0.0300 e. The van der Waals surface area contributed by atoms with Gasteiger partial charge in [0, 0.05) is 23.2 Å². The highest BCUT2D eigenvalue weighted by molar-refractivity contribution is 7.98. The maximum atomic E-state index is 4.25. The Bertz CT molecular complexity index is 693. The Balaban J connectivity index is 1.95. The first-order valence-corrected chi connectivity index (χ1v) is 8.67. The molecular weight excluding hydrogens is 286 g/mol. The summed E-state index contributed by atoms with van der Waals surface area (Å²) in [4.78, 5) is 5.55. The Labute approximate surface area is 136 Å². The van der Waals surface area contributed by atoms with Crippen molar-refractivity contribution >= 4 is 11.8 Å². The molecule has 1 aromatic heterocycles. The largest absolute Gasteiger partial charge is 0.264 e. The van der Waals surface area contributed by atoms with Gasteiger partial charge in [0.05, 0.1) is 0 Å². The van der Waals surface area contributed by atoms with E-state index in [4.69, 9.17) is 0 Å². The van der Waals surface area contributed by atoms with Crippen LogP contribution < -0.4 is 0 Å². The maximum absolute atomic E-state index is 4.25. The van der Waals surface area contributed by atoms with Crippen molar-refractivity contribution in [3.8, 4) is 0 Å². The van der Waals surface area contributed by atoms with E-state index < -0.39 is 0 Å². The molecule has 0 aliphatic heterocycles. The van der Waals surface area contributed by atoms with Crippen LogP contribution in [0.2, 0.25) is 0 Å². The lowest BCUT2D eigenvalue weighted by Crippen LogP contribution is -2.05. The van der Waals surface area contributed by atoms with E-state index in [0.717, 1.165) is 6.42 Å². The fourth-order valence-corrected chi connectivity index (χ4v) is 3.11. The second-order valence-corrected chi connectivity index (χ2v) is 6.18. The van der Waals surface area contributed by atoms with Crippen molar-refractivity contribution in [2.24, 2.45) is 0 Å². The molecule has 110 valence electrons. The lowest BCUT2D eigenvalue weighted by Gasteiger charge is -2.18. The van der Waals surface area contributed by atoms with Crippen LogP contribution in [0.1, 0.15) is 22.6 Å². The molecule has 0 spiro atoms. The van der Waals surface area contributed by atoms with Gasteiger partial charge in [-0.25, -0.2) is 0 Å². The first kappa shape index (κ1) is 14.9. The molecule has 0 fully saturated rings. The molecule has 0 saturated heterocycles. The standard InChI is InChI=1S/C20H19NS/c1-22-19-11-9-18(10-12-19)20(17-7-3-2-4-8-17)14-16-6-5-13-21-15-16/h2-13,15,20H,14H2,1H3. The summed E-state index contributed by atoms with van der Waals surface area (Å²) in [6.07, 6.45) is 6.87. The normalized spacial score (nSPS) is 12.0. The quantitative estimate of drug-likeness (QED) is 0.603. The fourth-order valence-electron chi connectivity index (χ4n) is 2.70. The summed E-state index contributed by atoms with van der Waals surface area (Å²) < 4.78 is 0. The number of benzene rings is 2. The second-order valence-electron chi connectivity index (χ2n) is 5.30. The zero-order valence-corrected chi connectivity index (χ0v) is 13.5. The van der Waals surface area contributed by atoms with E-state index in [2.05, 4.69) is 71.9 Å².